The van der Waals surface area contributed by atoms with Gasteiger partial charge in [0.15, 0.2) is 5.13 Å². The Morgan fingerprint density at radius 2 is 2.00 bits per heavy atom. The summed E-state index contributed by atoms with van der Waals surface area (Å²) in [6.45, 7) is 5.57. The first-order chi connectivity index (χ1) is 10.2. The van der Waals surface area contributed by atoms with Crippen LogP contribution in [-0.4, -0.2) is 22.7 Å². The Hall–Kier alpha value is -1.39. The summed E-state index contributed by atoms with van der Waals surface area (Å²) in [7, 11) is 0. The molecule has 0 atom stereocenters. The molecule has 1 saturated carbocycles. The maximum atomic E-state index is 9.66. The third-order valence-electron chi connectivity index (χ3n) is 3.90. The minimum atomic E-state index is 0.0528. The second-order valence-corrected chi connectivity index (χ2v) is 7.04. The molecule has 0 unspecified atom stereocenters. The van der Waals surface area contributed by atoms with Crippen LogP contribution in [0.25, 0.3) is 11.3 Å². The van der Waals surface area contributed by atoms with Crippen molar-refractivity contribution >= 4 is 16.5 Å². The highest BCUT2D eigenvalue weighted by Crippen LogP contribution is 2.37. The Morgan fingerprint density at radius 1 is 1.29 bits per heavy atom. The molecular weight excluding hydrogens is 280 g/mol. The molecule has 3 nitrogen and oxygen atoms in total. The normalized spacial score (nSPS) is 14.7. The van der Waals surface area contributed by atoms with Gasteiger partial charge in [0.05, 0.1) is 17.2 Å². The molecule has 1 aliphatic rings. The van der Waals surface area contributed by atoms with Crippen molar-refractivity contribution in [3.8, 4) is 11.3 Å². The summed E-state index contributed by atoms with van der Waals surface area (Å²) >= 11 is 1.63. The maximum absolute atomic E-state index is 9.66. The molecule has 1 aromatic carbocycles. The molecule has 112 valence electrons. The van der Waals surface area contributed by atoms with Crippen LogP contribution in [0.15, 0.2) is 30.3 Å². The molecule has 0 bridgehead atoms. The summed E-state index contributed by atoms with van der Waals surface area (Å²) in [6.07, 6.45) is 2.68. The Morgan fingerprint density at radius 3 is 2.57 bits per heavy atom. The van der Waals surface area contributed by atoms with Gasteiger partial charge in [-0.25, -0.2) is 4.98 Å². The quantitative estimate of drug-likeness (QED) is 0.878. The standard InChI is InChI=1S/C17H22N2OS/c1-12(2)19(10-13-8-9-13)17-18-16(15(11-20)21-17)14-6-4-3-5-7-14/h3-7,12-13,20H,8-11H2,1-2H3. The lowest BCUT2D eigenvalue weighted by Gasteiger charge is -2.26. The van der Waals surface area contributed by atoms with E-state index < -0.39 is 0 Å². The van der Waals surface area contributed by atoms with Gasteiger partial charge in [-0.1, -0.05) is 41.7 Å². The third kappa shape index (κ3) is 3.27. The molecule has 0 amide bonds. The fraction of sp³-hybridized carbons (Fsp3) is 0.471. The van der Waals surface area contributed by atoms with Crippen LogP contribution in [0.2, 0.25) is 0 Å². The average molecular weight is 302 g/mol. The summed E-state index contributed by atoms with van der Waals surface area (Å²) in [6, 6.07) is 10.6. The number of anilines is 1. The van der Waals surface area contributed by atoms with Crippen molar-refractivity contribution in [3.63, 3.8) is 0 Å². The van der Waals surface area contributed by atoms with Gasteiger partial charge in [-0.15, -0.1) is 0 Å². The predicted molar refractivity (Wildman–Crippen MR) is 88.7 cm³/mol. The zero-order valence-electron chi connectivity index (χ0n) is 12.6. The molecule has 1 heterocycles. The number of aromatic nitrogens is 1. The van der Waals surface area contributed by atoms with E-state index in [0.717, 1.165) is 33.7 Å². The lowest BCUT2D eigenvalue weighted by Crippen LogP contribution is -2.32. The number of hydrogen-bond donors (Lipinski definition) is 1. The Labute approximate surface area is 130 Å². The number of nitrogens with zero attached hydrogens (tertiary/aromatic N) is 2. The minimum Gasteiger partial charge on any atom is -0.391 e. The lowest BCUT2D eigenvalue weighted by atomic mass is 10.1. The fourth-order valence-corrected chi connectivity index (χ4v) is 3.56. The minimum absolute atomic E-state index is 0.0528. The summed E-state index contributed by atoms with van der Waals surface area (Å²) in [4.78, 5) is 8.18. The Kier molecular flexibility index (Phi) is 4.27. The SMILES string of the molecule is CC(C)N(CC1CC1)c1nc(-c2ccccc2)c(CO)s1. The Bertz CT molecular complexity index is 590. The van der Waals surface area contributed by atoms with Crippen molar-refractivity contribution in [2.24, 2.45) is 5.92 Å². The first-order valence-electron chi connectivity index (χ1n) is 7.61. The van der Waals surface area contributed by atoms with Crippen LogP contribution in [0, 0.1) is 5.92 Å². The van der Waals surface area contributed by atoms with E-state index in [1.165, 1.54) is 12.8 Å². The van der Waals surface area contributed by atoms with Gasteiger partial charge in [-0.3, -0.25) is 0 Å². The van der Waals surface area contributed by atoms with E-state index in [2.05, 4.69) is 30.9 Å². The molecule has 4 heteroatoms. The van der Waals surface area contributed by atoms with E-state index in [9.17, 15) is 5.11 Å². The summed E-state index contributed by atoms with van der Waals surface area (Å²) in [5.41, 5.74) is 2.01. The first-order valence-corrected chi connectivity index (χ1v) is 8.43. The molecule has 0 radical (unpaired) electrons. The van der Waals surface area contributed by atoms with E-state index in [-0.39, 0.29) is 6.61 Å². The second-order valence-electron chi connectivity index (χ2n) is 5.98. The molecule has 0 aliphatic heterocycles. The van der Waals surface area contributed by atoms with Crippen LogP contribution in [0.1, 0.15) is 31.6 Å². The van der Waals surface area contributed by atoms with Gasteiger partial charge in [0.25, 0.3) is 0 Å². The molecule has 0 spiro atoms. The highest BCUT2D eigenvalue weighted by Gasteiger charge is 2.27. The monoisotopic (exact) mass is 302 g/mol. The topological polar surface area (TPSA) is 36.4 Å². The van der Waals surface area contributed by atoms with Gasteiger partial charge in [0.2, 0.25) is 0 Å². The van der Waals surface area contributed by atoms with Gasteiger partial charge >= 0.3 is 0 Å². The summed E-state index contributed by atoms with van der Waals surface area (Å²) in [5.74, 6) is 0.828. The lowest BCUT2D eigenvalue weighted by molar-refractivity contribution is 0.286. The molecule has 3 rings (SSSR count). The van der Waals surface area contributed by atoms with E-state index in [4.69, 9.17) is 4.98 Å². The van der Waals surface area contributed by atoms with Crippen molar-refractivity contribution in [2.45, 2.75) is 39.3 Å². The largest absolute Gasteiger partial charge is 0.391 e. The number of hydrogen-bond acceptors (Lipinski definition) is 4. The van der Waals surface area contributed by atoms with Crippen LogP contribution < -0.4 is 4.90 Å². The number of rotatable bonds is 6. The third-order valence-corrected chi connectivity index (χ3v) is 4.97. The zero-order chi connectivity index (χ0) is 14.8. The highest BCUT2D eigenvalue weighted by molar-refractivity contribution is 7.16. The molecule has 2 aromatic rings. The van der Waals surface area contributed by atoms with Gasteiger partial charge in [-0.2, -0.15) is 0 Å². The van der Waals surface area contributed by atoms with E-state index in [0.29, 0.717) is 6.04 Å². The van der Waals surface area contributed by atoms with Crippen molar-refractivity contribution < 1.29 is 5.11 Å². The first kappa shape index (κ1) is 14.5. The summed E-state index contributed by atoms with van der Waals surface area (Å²) in [5, 5.41) is 10.7. The number of thiazole rings is 1. The van der Waals surface area contributed by atoms with Crippen LogP contribution in [0.4, 0.5) is 5.13 Å². The van der Waals surface area contributed by atoms with Gasteiger partial charge in [-0.05, 0) is 32.6 Å². The van der Waals surface area contributed by atoms with Gasteiger partial charge in [0, 0.05) is 18.2 Å². The smallest absolute Gasteiger partial charge is 0.186 e. The van der Waals surface area contributed by atoms with Crippen molar-refractivity contribution in [3.05, 3.63) is 35.2 Å². The van der Waals surface area contributed by atoms with Crippen LogP contribution in [-0.2, 0) is 6.61 Å². The van der Waals surface area contributed by atoms with E-state index in [1.807, 2.05) is 18.2 Å². The molecule has 21 heavy (non-hydrogen) atoms. The van der Waals surface area contributed by atoms with E-state index in [1.54, 1.807) is 11.3 Å². The number of aliphatic hydroxyl groups excluding tert-OH is 1. The zero-order valence-corrected chi connectivity index (χ0v) is 13.4. The van der Waals surface area contributed by atoms with Crippen molar-refractivity contribution in [1.82, 2.24) is 4.98 Å². The maximum Gasteiger partial charge on any atom is 0.186 e. The molecule has 0 saturated heterocycles. The van der Waals surface area contributed by atoms with E-state index >= 15 is 0 Å². The van der Waals surface area contributed by atoms with Crippen LogP contribution >= 0.6 is 11.3 Å². The number of aliphatic hydroxyl groups is 1. The summed E-state index contributed by atoms with van der Waals surface area (Å²) < 4.78 is 0. The van der Waals surface area contributed by atoms with Crippen molar-refractivity contribution in [2.75, 3.05) is 11.4 Å². The fourth-order valence-electron chi connectivity index (χ4n) is 2.48. The molecule has 1 N–H and O–H groups in total. The average Bonchev–Trinajstić information content (AvgIpc) is 3.22. The Balaban J connectivity index is 1.93. The van der Waals surface area contributed by atoms with Gasteiger partial charge < -0.3 is 10.0 Å². The highest BCUT2D eigenvalue weighted by atomic mass is 32.1. The van der Waals surface area contributed by atoms with Crippen molar-refractivity contribution in [1.29, 1.82) is 0 Å². The molecule has 1 aliphatic carbocycles. The predicted octanol–water partition coefficient (Wildman–Crippen LogP) is 3.93. The number of benzene rings is 1. The molecule has 1 aromatic heterocycles. The van der Waals surface area contributed by atoms with Gasteiger partial charge in [0.1, 0.15) is 0 Å². The molecular formula is C17H22N2OS. The van der Waals surface area contributed by atoms with Crippen LogP contribution in [0.5, 0.6) is 0 Å². The van der Waals surface area contributed by atoms with Crippen LogP contribution in [0.3, 0.4) is 0 Å². The second kappa shape index (κ2) is 6.16. The molecule has 1 fully saturated rings.